The minimum atomic E-state index is -0.465. The van der Waals surface area contributed by atoms with E-state index in [2.05, 4.69) is 10.3 Å². The molecular weight excluding hydrogens is 244 g/mol. The number of aromatic amines is 1. The van der Waals surface area contributed by atoms with Crippen LogP contribution in [0.25, 0.3) is 11.1 Å². The first-order chi connectivity index (χ1) is 9.22. The number of phenolic OH excluding ortho intramolecular Hbond substituents is 1. The Labute approximate surface area is 108 Å². The lowest BCUT2D eigenvalue weighted by Gasteiger charge is -2.07. The monoisotopic (exact) mass is 256 g/mol. The van der Waals surface area contributed by atoms with Crippen molar-refractivity contribution in [1.29, 1.82) is 0 Å². The summed E-state index contributed by atoms with van der Waals surface area (Å²) in [5.74, 6) is -0.208. The maximum atomic E-state index is 11.0. The molecule has 0 saturated heterocycles. The fourth-order valence-electron chi connectivity index (χ4n) is 1.92. The Kier molecular flexibility index (Phi) is 2.72. The van der Waals surface area contributed by atoms with Gasteiger partial charge >= 0.3 is 5.76 Å². The second-order valence-electron chi connectivity index (χ2n) is 4.21. The van der Waals surface area contributed by atoms with Crippen LogP contribution < -0.4 is 11.1 Å². The second-order valence-corrected chi connectivity index (χ2v) is 4.21. The van der Waals surface area contributed by atoms with Gasteiger partial charge in [0, 0.05) is 17.8 Å². The zero-order valence-electron chi connectivity index (χ0n) is 10.0. The molecule has 0 atom stereocenters. The number of hydrogen-bond donors (Lipinski definition) is 3. The average molecular weight is 256 g/mol. The molecule has 5 heteroatoms. The van der Waals surface area contributed by atoms with Gasteiger partial charge in [0.15, 0.2) is 5.58 Å². The summed E-state index contributed by atoms with van der Waals surface area (Å²) in [5.41, 5.74) is 2.82. The van der Waals surface area contributed by atoms with Crippen LogP contribution in [0.1, 0.15) is 5.56 Å². The van der Waals surface area contributed by atoms with Crippen LogP contribution in [0.5, 0.6) is 5.75 Å². The van der Waals surface area contributed by atoms with Gasteiger partial charge in [-0.3, -0.25) is 4.98 Å². The van der Waals surface area contributed by atoms with E-state index >= 15 is 0 Å². The fourth-order valence-corrected chi connectivity index (χ4v) is 1.92. The largest absolute Gasteiger partial charge is 0.508 e. The smallest absolute Gasteiger partial charge is 0.417 e. The Morgan fingerprint density at radius 2 is 2.05 bits per heavy atom. The van der Waals surface area contributed by atoms with Gasteiger partial charge in [0.25, 0.3) is 0 Å². The van der Waals surface area contributed by atoms with Crippen molar-refractivity contribution in [1.82, 2.24) is 4.98 Å². The van der Waals surface area contributed by atoms with Crippen molar-refractivity contribution in [3.63, 3.8) is 0 Å². The van der Waals surface area contributed by atoms with Gasteiger partial charge in [-0.15, -0.1) is 0 Å². The van der Waals surface area contributed by atoms with Crippen molar-refractivity contribution >= 4 is 16.8 Å². The van der Waals surface area contributed by atoms with Crippen molar-refractivity contribution < 1.29 is 9.52 Å². The number of rotatable bonds is 3. The van der Waals surface area contributed by atoms with Crippen LogP contribution in [0, 0.1) is 0 Å². The zero-order chi connectivity index (χ0) is 13.2. The molecule has 3 aromatic rings. The van der Waals surface area contributed by atoms with E-state index in [1.54, 1.807) is 24.3 Å². The first kappa shape index (κ1) is 11.4. The van der Waals surface area contributed by atoms with E-state index < -0.39 is 5.76 Å². The minimum absolute atomic E-state index is 0.257. The standard InChI is InChI=1S/C14H12N2O3/c17-12-4-2-1-3-9(12)8-15-10-5-6-13-11(7-10)16-14(18)19-13/h1-7,15,17H,8H2,(H,16,18). The highest BCUT2D eigenvalue weighted by atomic mass is 16.4. The molecular formula is C14H12N2O3. The zero-order valence-corrected chi connectivity index (χ0v) is 10.0. The average Bonchev–Trinajstić information content (AvgIpc) is 2.77. The molecule has 0 bridgehead atoms. The summed E-state index contributed by atoms with van der Waals surface area (Å²) in [6, 6.07) is 12.5. The predicted molar refractivity (Wildman–Crippen MR) is 72.3 cm³/mol. The lowest BCUT2D eigenvalue weighted by molar-refractivity contribution is 0.469. The third kappa shape index (κ3) is 2.30. The highest BCUT2D eigenvalue weighted by Gasteiger charge is 2.03. The summed E-state index contributed by atoms with van der Waals surface area (Å²) in [6.45, 7) is 0.500. The molecule has 0 radical (unpaired) electrons. The Bertz CT molecular complexity index is 773. The molecule has 1 heterocycles. The van der Waals surface area contributed by atoms with Gasteiger partial charge in [0.1, 0.15) is 5.75 Å². The van der Waals surface area contributed by atoms with Gasteiger partial charge in [0.05, 0.1) is 5.52 Å². The van der Waals surface area contributed by atoms with Gasteiger partial charge < -0.3 is 14.8 Å². The van der Waals surface area contributed by atoms with Gasteiger partial charge in [0.2, 0.25) is 0 Å². The first-order valence-electron chi connectivity index (χ1n) is 5.86. The summed E-state index contributed by atoms with van der Waals surface area (Å²) in [4.78, 5) is 13.6. The van der Waals surface area contributed by atoms with E-state index in [0.29, 0.717) is 17.6 Å². The molecule has 3 N–H and O–H groups in total. The van der Waals surface area contributed by atoms with Crippen molar-refractivity contribution in [3.05, 3.63) is 58.6 Å². The third-order valence-electron chi connectivity index (χ3n) is 2.89. The van der Waals surface area contributed by atoms with Crippen LogP contribution in [-0.4, -0.2) is 10.1 Å². The van der Waals surface area contributed by atoms with Crippen molar-refractivity contribution in [2.45, 2.75) is 6.54 Å². The van der Waals surface area contributed by atoms with Crippen LogP contribution >= 0.6 is 0 Å². The Morgan fingerprint density at radius 1 is 1.21 bits per heavy atom. The van der Waals surface area contributed by atoms with Gasteiger partial charge in [-0.05, 0) is 24.3 Å². The maximum absolute atomic E-state index is 11.0. The number of benzene rings is 2. The molecule has 1 aromatic heterocycles. The van der Waals surface area contributed by atoms with Crippen molar-refractivity contribution in [2.24, 2.45) is 0 Å². The highest BCUT2D eigenvalue weighted by Crippen LogP contribution is 2.20. The quantitative estimate of drug-likeness (QED) is 0.672. The van der Waals surface area contributed by atoms with E-state index in [9.17, 15) is 9.90 Å². The molecule has 0 spiro atoms. The molecule has 96 valence electrons. The molecule has 0 unspecified atom stereocenters. The number of H-pyrrole nitrogens is 1. The SMILES string of the molecule is O=c1[nH]c2cc(NCc3ccccc3O)ccc2o1. The van der Waals surface area contributed by atoms with Crippen LogP contribution in [-0.2, 0) is 6.54 Å². The number of aromatic hydroxyl groups is 1. The number of aromatic nitrogens is 1. The van der Waals surface area contributed by atoms with E-state index in [0.717, 1.165) is 11.3 Å². The van der Waals surface area contributed by atoms with Gasteiger partial charge in [-0.2, -0.15) is 0 Å². The fraction of sp³-hybridized carbons (Fsp3) is 0.0714. The number of para-hydroxylation sites is 1. The van der Waals surface area contributed by atoms with E-state index in [1.165, 1.54) is 0 Å². The molecule has 3 rings (SSSR count). The van der Waals surface area contributed by atoms with E-state index in [-0.39, 0.29) is 5.75 Å². The number of oxazole rings is 1. The number of nitrogens with one attached hydrogen (secondary N) is 2. The molecule has 0 fully saturated rings. The Balaban J connectivity index is 1.82. The number of fused-ring (bicyclic) bond motifs is 1. The molecule has 0 saturated carbocycles. The molecule has 0 aliphatic carbocycles. The first-order valence-corrected chi connectivity index (χ1v) is 5.86. The number of anilines is 1. The van der Waals surface area contributed by atoms with Crippen LogP contribution in [0.3, 0.4) is 0 Å². The lowest BCUT2D eigenvalue weighted by atomic mass is 10.2. The topological polar surface area (TPSA) is 78.3 Å². The van der Waals surface area contributed by atoms with E-state index in [4.69, 9.17) is 4.42 Å². The second kappa shape index (κ2) is 4.53. The normalized spacial score (nSPS) is 10.7. The lowest BCUT2D eigenvalue weighted by Crippen LogP contribution is -1.99. The molecule has 0 amide bonds. The molecule has 0 aliphatic rings. The number of phenols is 1. The summed E-state index contributed by atoms with van der Waals surface area (Å²) < 4.78 is 4.93. The highest BCUT2D eigenvalue weighted by molar-refractivity contribution is 5.76. The Hall–Kier alpha value is -2.69. The summed E-state index contributed by atoms with van der Waals surface area (Å²) in [7, 11) is 0. The molecule has 5 nitrogen and oxygen atoms in total. The number of hydrogen-bond acceptors (Lipinski definition) is 4. The Morgan fingerprint density at radius 3 is 2.89 bits per heavy atom. The third-order valence-corrected chi connectivity index (χ3v) is 2.89. The van der Waals surface area contributed by atoms with Gasteiger partial charge in [-0.25, -0.2) is 4.79 Å². The maximum Gasteiger partial charge on any atom is 0.417 e. The van der Waals surface area contributed by atoms with Crippen LogP contribution in [0.2, 0.25) is 0 Å². The molecule has 0 aliphatic heterocycles. The summed E-state index contributed by atoms with van der Waals surface area (Å²) in [5, 5.41) is 12.8. The molecule has 2 aromatic carbocycles. The van der Waals surface area contributed by atoms with Crippen LogP contribution in [0.15, 0.2) is 51.7 Å². The molecule has 19 heavy (non-hydrogen) atoms. The summed E-state index contributed by atoms with van der Waals surface area (Å²) >= 11 is 0. The van der Waals surface area contributed by atoms with E-state index in [1.807, 2.05) is 18.2 Å². The summed E-state index contributed by atoms with van der Waals surface area (Å²) in [6.07, 6.45) is 0. The van der Waals surface area contributed by atoms with Gasteiger partial charge in [-0.1, -0.05) is 18.2 Å². The predicted octanol–water partition coefficient (Wildman–Crippen LogP) is 2.44. The minimum Gasteiger partial charge on any atom is -0.508 e. The van der Waals surface area contributed by atoms with Crippen molar-refractivity contribution in [2.75, 3.05) is 5.32 Å². The van der Waals surface area contributed by atoms with Crippen LogP contribution in [0.4, 0.5) is 5.69 Å². The van der Waals surface area contributed by atoms with Crippen molar-refractivity contribution in [3.8, 4) is 5.75 Å².